The Kier molecular flexibility index (Phi) is 3.56. The summed E-state index contributed by atoms with van der Waals surface area (Å²) in [5.74, 6) is 0. The molecule has 12 heavy (non-hydrogen) atoms. The van der Waals surface area contributed by atoms with Crippen LogP contribution < -0.4 is 0 Å². The van der Waals surface area contributed by atoms with E-state index < -0.39 is 9.84 Å². The number of sulfone groups is 1. The predicted molar refractivity (Wildman–Crippen MR) is 50.6 cm³/mol. The van der Waals surface area contributed by atoms with Gasteiger partial charge in [0.2, 0.25) is 0 Å². The minimum atomic E-state index is -2.80. The van der Waals surface area contributed by atoms with Gasteiger partial charge in [0.1, 0.15) is 9.84 Å². The lowest BCUT2D eigenvalue weighted by Gasteiger charge is -2.17. The third-order valence-corrected chi connectivity index (χ3v) is 4.11. The molecule has 1 rings (SSSR count). The van der Waals surface area contributed by atoms with E-state index in [1.54, 1.807) is 0 Å². The van der Waals surface area contributed by atoms with E-state index >= 15 is 0 Å². The van der Waals surface area contributed by atoms with Crippen molar-refractivity contribution in [3.63, 3.8) is 0 Å². The average molecular weight is 189 g/mol. The van der Waals surface area contributed by atoms with Crippen LogP contribution in [0.2, 0.25) is 0 Å². The summed E-state index contributed by atoms with van der Waals surface area (Å²) >= 11 is 0. The Morgan fingerprint density at radius 3 is 2.67 bits per heavy atom. The molecule has 0 bridgehead atoms. The van der Waals surface area contributed by atoms with E-state index in [1.807, 2.05) is 0 Å². The summed E-state index contributed by atoms with van der Waals surface area (Å²) in [4.78, 5) is 0. The van der Waals surface area contributed by atoms with Crippen molar-refractivity contribution in [2.75, 3.05) is 6.26 Å². The predicted octanol–water partition coefficient (Wildman–Crippen LogP) is 1.96. The SMILES string of the molecule is CS(=O)(=O)C1C[CH]CCCCC1. The van der Waals surface area contributed by atoms with Crippen molar-refractivity contribution in [1.82, 2.24) is 0 Å². The number of rotatable bonds is 1. The van der Waals surface area contributed by atoms with Crippen LogP contribution >= 0.6 is 0 Å². The number of hydrogen-bond donors (Lipinski definition) is 0. The van der Waals surface area contributed by atoms with Crippen LogP contribution in [0, 0.1) is 6.42 Å². The van der Waals surface area contributed by atoms with Crippen LogP contribution in [0.15, 0.2) is 0 Å². The summed E-state index contributed by atoms with van der Waals surface area (Å²) in [5, 5.41) is -0.0993. The Morgan fingerprint density at radius 1 is 1.25 bits per heavy atom. The molecule has 1 aliphatic carbocycles. The summed E-state index contributed by atoms with van der Waals surface area (Å²) < 4.78 is 22.5. The molecule has 0 spiro atoms. The lowest BCUT2D eigenvalue weighted by Crippen LogP contribution is -2.20. The Morgan fingerprint density at radius 2 is 2.00 bits per heavy atom. The van der Waals surface area contributed by atoms with Crippen molar-refractivity contribution in [2.45, 2.75) is 43.8 Å². The first-order chi connectivity index (χ1) is 5.61. The van der Waals surface area contributed by atoms with Gasteiger partial charge in [-0.2, -0.15) is 0 Å². The van der Waals surface area contributed by atoms with Gasteiger partial charge in [-0.1, -0.05) is 25.7 Å². The van der Waals surface area contributed by atoms with E-state index in [2.05, 4.69) is 6.42 Å². The fourth-order valence-electron chi connectivity index (χ4n) is 1.65. The largest absolute Gasteiger partial charge is 0.229 e. The van der Waals surface area contributed by atoms with Crippen LogP contribution in [0.1, 0.15) is 38.5 Å². The van der Waals surface area contributed by atoms with Crippen LogP contribution in [0.25, 0.3) is 0 Å². The fraction of sp³-hybridized carbons (Fsp3) is 0.889. The van der Waals surface area contributed by atoms with Crippen molar-refractivity contribution >= 4 is 9.84 Å². The van der Waals surface area contributed by atoms with Crippen LogP contribution in [0.3, 0.4) is 0 Å². The van der Waals surface area contributed by atoms with Gasteiger partial charge in [-0.15, -0.1) is 0 Å². The lowest BCUT2D eigenvalue weighted by molar-refractivity contribution is 0.533. The smallest absolute Gasteiger partial charge is 0.150 e. The van der Waals surface area contributed by atoms with Gasteiger partial charge in [-0.05, 0) is 19.3 Å². The summed E-state index contributed by atoms with van der Waals surface area (Å²) in [5.41, 5.74) is 0. The first-order valence-corrected chi connectivity index (χ1v) is 6.56. The van der Waals surface area contributed by atoms with Crippen LogP contribution in [-0.4, -0.2) is 19.9 Å². The Labute approximate surface area is 75.3 Å². The maximum Gasteiger partial charge on any atom is 0.150 e. The molecule has 1 saturated carbocycles. The fourth-order valence-corrected chi connectivity index (χ4v) is 2.73. The van der Waals surface area contributed by atoms with E-state index in [-0.39, 0.29) is 5.25 Å². The molecule has 0 aromatic heterocycles. The molecule has 0 N–H and O–H groups in total. The number of hydrogen-bond acceptors (Lipinski definition) is 2. The van der Waals surface area contributed by atoms with Crippen molar-refractivity contribution in [3.05, 3.63) is 6.42 Å². The van der Waals surface area contributed by atoms with E-state index in [0.29, 0.717) is 0 Å². The summed E-state index contributed by atoms with van der Waals surface area (Å²) in [6.45, 7) is 0. The van der Waals surface area contributed by atoms with Crippen molar-refractivity contribution in [3.8, 4) is 0 Å². The van der Waals surface area contributed by atoms with E-state index in [1.165, 1.54) is 19.1 Å². The molecule has 1 atom stereocenters. The molecular weight excluding hydrogens is 172 g/mol. The highest BCUT2D eigenvalue weighted by atomic mass is 32.2. The molecule has 0 aliphatic heterocycles. The van der Waals surface area contributed by atoms with E-state index in [0.717, 1.165) is 25.7 Å². The Hall–Kier alpha value is -0.0500. The topological polar surface area (TPSA) is 34.1 Å². The Balaban J connectivity index is 2.51. The molecule has 1 unspecified atom stereocenters. The highest BCUT2D eigenvalue weighted by molar-refractivity contribution is 7.91. The second kappa shape index (κ2) is 4.26. The highest BCUT2D eigenvalue weighted by Crippen LogP contribution is 2.20. The summed E-state index contributed by atoms with van der Waals surface area (Å²) in [6.07, 6.45) is 9.68. The monoisotopic (exact) mass is 189 g/mol. The van der Waals surface area contributed by atoms with Crippen LogP contribution in [0.4, 0.5) is 0 Å². The molecule has 1 radical (unpaired) electrons. The lowest BCUT2D eigenvalue weighted by atomic mass is 10.0. The molecule has 2 nitrogen and oxygen atoms in total. The zero-order valence-corrected chi connectivity index (χ0v) is 8.44. The zero-order valence-electron chi connectivity index (χ0n) is 7.62. The zero-order chi connectivity index (χ0) is 9.03. The van der Waals surface area contributed by atoms with E-state index in [9.17, 15) is 8.42 Å². The van der Waals surface area contributed by atoms with Gasteiger partial charge in [-0.25, -0.2) is 8.42 Å². The summed E-state index contributed by atoms with van der Waals surface area (Å²) in [6, 6.07) is 0. The first kappa shape index (κ1) is 10.0. The Bertz CT molecular complexity index is 211. The first-order valence-electron chi connectivity index (χ1n) is 4.61. The molecule has 1 fully saturated rings. The summed E-state index contributed by atoms with van der Waals surface area (Å²) in [7, 11) is -2.80. The second-order valence-electron chi connectivity index (χ2n) is 3.61. The highest BCUT2D eigenvalue weighted by Gasteiger charge is 2.20. The van der Waals surface area contributed by atoms with Gasteiger partial charge in [0, 0.05) is 6.26 Å². The molecular formula is C9H17O2S. The van der Waals surface area contributed by atoms with Crippen LogP contribution in [-0.2, 0) is 9.84 Å². The molecule has 0 aromatic carbocycles. The molecule has 71 valence electrons. The van der Waals surface area contributed by atoms with Gasteiger partial charge in [0.15, 0.2) is 0 Å². The second-order valence-corrected chi connectivity index (χ2v) is 5.94. The average Bonchev–Trinajstić information content (AvgIpc) is 1.81. The standard InChI is InChI=1S/C9H17O2S/c1-12(10,11)9-7-5-3-2-4-6-8-9/h5,9H,2-4,6-8H2,1H3. The maximum atomic E-state index is 11.2. The van der Waals surface area contributed by atoms with E-state index in [4.69, 9.17) is 0 Å². The van der Waals surface area contributed by atoms with Gasteiger partial charge in [0.05, 0.1) is 5.25 Å². The molecule has 0 heterocycles. The van der Waals surface area contributed by atoms with Crippen molar-refractivity contribution in [2.24, 2.45) is 0 Å². The third kappa shape index (κ3) is 3.13. The quantitative estimate of drug-likeness (QED) is 0.632. The van der Waals surface area contributed by atoms with Gasteiger partial charge in [0.25, 0.3) is 0 Å². The van der Waals surface area contributed by atoms with Gasteiger partial charge in [-0.3, -0.25) is 0 Å². The van der Waals surface area contributed by atoms with Crippen molar-refractivity contribution < 1.29 is 8.42 Å². The minimum Gasteiger partial charge on any atom is -0.229 e. The minimum absolute atomic E-state index is 0.0993. The molecule has 3 heteroatoms. The van der Waals surface area contributed by atoms with Crippen molar-refractivity contribution in [1.29, 1.82) is 0 Å². The molecule has 0 amide bonds. The third-order valence-electron chi connectivity index (χ3n) is 2.47. The molecule has 0 aromatic rings. The van der Waals surface area contributed by atoms with Crippen LogP contribution in [0.5, 0.6) is 0 Å². The molecule has 0 saturated heterocycles. The molecule has 1 aliphatic rings. The van der Waals surface area contributed by atoms with Gasteiger partial charge >= 0.3 is 0 Å². The normalized spacial score (nSPS) is 23.1. The maximum absolute atomic E-state index is 11.2. The van der Waals surface area contributed by atoms with Gasteiger partial charge < -0.3 is 0 Å².